The minimum absolute atomic E-state index is 0.302. The van der Waals surface area contributed by atoms with Crippen LogP contribution in [0.25, 0.3) is 17.0 Å². The Morgan fingerprint density at radius 3 is 2.53 bits per heavy atom. The highest BCUT2D eigenvalue weighted by Gasteiger charge is 2.14. The molecule has 3 aromatic rings. The first-order chi connectivity index (χ1) is 9.16. The summed E-state index contributed by atoms with van der Waals surface area (Å²) < 4.78 is 1.54. The van der Waals surface area contributed by atoms with E-state index in [0.717, 1.165) is 16.8 Å². The lowest BCUT2D eigenvalue weighted by Gasteiger charge is -2.05. The van der Waals surface area contributed by atoms with Gasteiger partial charge in [-0.05, 0) is 5.92 Å². The summed E-state index contributed by atoms with van der Waals surface area (Å²) in [6.07, 6.45) is 6.55. The summed E-state index contributed by atoms with van der Waals surface area (Å²) >= 11 is 0. The van der Waals surface area contributed by atoms with E-state index in [0.29, 0.717) is 17.7 Å². The number of hydrogen-bond acceptors (Lipinski definition) is 6. The van der Waals surface area contributed by atoms with Crippen molar-refractivity contribution in [3.8, 4) is 11.4 Å². The van der Waals surface area contributed by atoms with Crippen LogP contribution in [0.1, 0.15) is 25.3 Å². The fourth-order valence-corrected chi connectivity index (χ4v) is 1.87. The maximum Gasteiger partial charge on any atom is 0.225 e. The average molecular weight is 255 g/mol. The standard InChI is InChI=1S/C12H13N7/c1-7(2)9-5-16-19-11(9)17-10(18-12(19)13)8-3-14-6-15-4-8/h3-7H,1-2H3,(H2,13,17,18). The van der Waals surface area contributed by atoms with Crippen molar-refractivity contribution in [3.05, 3.63) is 30.5 Å². The van der Waals surface area contributed by atoms with Gasteiger partial charge in [0.25, 0.3) is 0 Å². The van der Waals surface area contributed by atoms with Crippen LogP contribution in [0.4, 0.5) is 5.95 Å². The number of rotatable bonds is 2. The molecule has 19 heavy (non-hydrogen) atoms. The third-order valence-electron chi connectivity index (χ3n) is 2.86. The van der Waals surface area contributed by atoms with Crippen LogP contribution < -0.4 is 5.73 Å². The molecule has 0 spiro atoms. The van der Waals surface area contributed by atoms with Crippen LogP contribution in [0.5, 0.6) is 0 Å². The van der Waals surface area contributed by atoms with Gasteiger partial charge >= 0.3 is 0 Å². The number of nitrogens with zero attached hydrogens (tertiary/aromatic N) is 6. The maximum absolute atomic E-state index is 5.92. The minimum atomic E-state index is 0.302. The van der Waals surface area contributed by atoms with Gasteiger partial charge in [-0.15, -0.1) is 0 Å². The van der Waals surface area contributed by atoms with E-state index in [9.17, 15) is 0 Å². The fourth-order valence-electron chi connectivity index (χ4n) is 1.87. The second kappa shape index (κ2) is 4.27. The summed E-state index contributed by atoms with van der Waals surface area (Å²) in [5, 5.41) is 4.21. The Kier molecular flexibility index (Phi) is 2.59. The first-order valence-corrected chi connectivity index (χ1v) is 5.93. The van der Waals surface area contributed by atoms with Crippen molar-refractivity contribution in [2.75, 3.05) is 5.73 Å². The van der Waals surface area contributed by atoms with E-state index in [1.807, 2.05) is 0 Å². The van der Waals surface area contributed by atoms with Gasteiger partial charge < -0.3 is 5.73 Å². The van der Waals surface area contributed by atoms with Crippen molar-refractivity contribution in [3.63, 3.8) is 0 Å². The molecule has 0 aliphatic heterocycles. The number of aromatic nitrogens is 6. The van der Waals surface area contributed by atoms with Gasteiger partial charge in [0.05, 0.1) is 11.8 Å². The van der Waals surface area contributed by atoms with Gasteiger partial charge in [-0.3, -0.25) is 0 Å². The van der Waals surface area contributed by atoms with Crippen LogP contribution >= 0.6 is 0 Å². The van der Waals surface area contributed by atoms with Gasteiger partial charge in [-0.1, -0.05) is 13.8 Å². The molecule has 3 rings (SSSR count). The van der Waals surface area contributed by atoms with Gasteiger partial charge in [-0.25, -0.2) is 15.0 Å². The summed E-state index contributed by atoms with van der Waals surface area (Å²) in [5.41, 5.74) is 8.40. The molecular formula is C12H13N7. The summed E-state index contributed by atoms with van der Waals surface area (Å²) in [6, 6.07) is 0. The molecule has 3 heterocycles. The molecule has 0 aliphatic carbocycles. The smallest absolute Gasteiger partial charge is 0.225 e. The number of hydrogen-bond donors (Lipinski definition) is 1. The quantitative estimate of drug-likeness (QED) is 0.741. The molecule has 0 unspecified atom stereocenters. The number of nitrogen functional groups attached to an aromatic ring is 1. The van der Waals surface area contributed by atoms with Crippen molar-refractivity contribution in [2.45, 2.75) is 19.8 Å². The summed E-state index contributed by atoms with van der Waals surface area (Å²) in [6.45, 7) is 4.17. The largest absolute Gasteiger partial charge is 0.368 e. The third-order valence-corrected chi connectivity index (χ3v) is 2.86. The monoisotopic (exact) mass is 255 g/mol. The minimum Gasteiger partial charge on any atom is -0.368 e. The van der Waals surface area contributed by atoms with E-state index >= 15 is 0 Å². The average Bonchev–Trinajstić information content (AvgIpc) is 2.84. The van der Waals surface area contributed by atoms with Crippen LogP contribution in [0.2, 0.25) is 0 Å². The Balaban J connectivity index is 2.26. The van der Waals surface area contributed by atoms with E-state index in [2.05, 4.69) is 38.9 Å². The van der Waals surface area contributed by atoms with Crippen molar-refractivity contribution in [2.24, 2.45) is 0 Å². The van der Waals surface area contributed by atoms with Gasteiger partial charge in [0, 0.05) is 18.0 Å². The van der Waals surface area contributed by atoms with Crippen molar-refractivity contribution >= 4 is 11.6 Å². The molecule has 0 radical (unpaired) electrons. The molecule has 0 saturated carbocycles. The number of anilines is 1. The summed E-state index contributed by atoms with van der Waals surface area (Å²) in [7, 11) is 0. The molecule has 2 N–H and O–H groups in total. The Hall–Kier alpha value is -2.57. The number of fused-ring (bicyclic) bond motifs is 1. The van der Waals surface area contributed by atoms with E-state index in [-0.39, 0.29) is 0 Å². The van der Waals surface area contributed by atoms with Crippen LogP contribution in [0.3, 0.4) is 0 Å². The molecule has 7 heteroatoms. The summed E-state index contributed by atoms with van der Waals surface area (Å²) in [5.74, 6) is 1.12. The molecule has 0 bridgehead atoms. The molecule has 0 aromatic carbocycles. The topological polar surface area (TPSA) is 94.9 Å². The van der Waals surface area contributed by atoms with Gasteiger partial charge in [0.1, 0.15) is 6.33 Å². The van der Waals surface area contributed by atoms with Crippen molar-refractivity contribution in [1.82, 2.24) is 29.5 Å². The molecule has 0 fully saturated rings. The predicted molar refractivity (Wildman–Crippen MR) is 70.3 cm³/mol. The van der Waals surface area contributed by atoms with Gasteiger partial charge in [0.2, 0.25) is 5.95 Å². The second-order valence-electron chi connectivity index (χ2n) is 4.52. The van der Waals surface area contributed by atoms with E-state index in [1.165, 1.54) is 6.33 Å². The number of nitrogens with two attached hydrogens (primary N) is 1. The maximum atomic E-state index is 5.92. The zero-order valence-corrected chi connectivity index (χ0v) is 10.6. The zero-order valence-electron chi connectivity index (χ0n) is 10.6. The lowest BCUT2D eigenvalue weighted by atomic mass is 10.1. The predicted octanol–water partition coefficient (Wildman–Crippen LogP) is 1.29. The van der Waals surface area contributed by atoms with Crippen LogP contribution in [0, 0.1) is 0 Å². The lowest BCUT2D eigenvalue weighted by molar-refractivity contribution is 0.870. The van der Waals surface area contributed by atoms with E-state index < -0.39 is 0 Å². The molecule has 96 valence electrons. The Labute approximate surface area is 109 Å². The third kappa shape index (κ3) is 1.88. The fraction of sp³-hybridized carbons (Fsp3) is 0.250. The Morgan fingerprint density at radius 2 is 1.84 bits per heavy atom. The van der Waals surface area contributed by atoms with Crippen molar-refractivity contribution in [1.29, 1.82) is 0 Å². The normalized spacial score (nSPS) is 11.3. The highest BCUT2D eigenvalue weighted by atomic mass is 15.3. The lowest BCUT2D eigenvalue weighted by Crippen LogP contribution is -2.06. The SMILES string of the molecule is CC(C)c1cnn2c(N)nc(-c3cncnc3)nc12. The summed E-state index contributed by atoms with van der Waals surface area (Å²) in [4.78, 5) is 16.7. The first kappa shape index (κ1) is 11.5. The van der Waals surface area contributed by atoms with Gasteiger partial charge in [-0.2, -0.15) is 14.6 Å². The van der Waals surface area contributed by atoms with Crippen LogP contribution in [-0.4, -0.2) is 29.5 Å². The highest BCUT2D eigenvalue weighted by molar-refractivity contribution is 5.60. The molecule has 0 aliphatic rings. The van der Waals surface area contributed by atoms with Crippen molar-refractivity contribution < 1.29 is 0 Å². The first-order valence-electron chi connectivity index (χ1n) is 5.93. The molecule has 0 atom stereocenters. The molecule has 3 aromatic heterocycles. The Bertz CT molecular complexity index is 718. The second-order valence-corrected chi connectivity index (χ2v) is 4.52. The molecular weight excluding hydrogens is 242 g/mol. The highest BCUT2D eigenvalue weighted by Crippen LogP contribution is 2.22. The van der Waals surface area contributed by atoms with E-state index in [1.54, 1.807) is 23.1 Å². The van der Waals surface area contributed by atoms with Gasteiger partial charge in [0.15, 0.2) is 11.5 Å². The molecule has 7 nitrogen and oxygen atoms in total. The Morgan fingerprint density at radius 1 is 1.11 bits per heavy atom. The zero-order chi connectivity index (χ0) is 13.4. The molecule has 0 amide bonds. The van der Waals surface area contributed by atoms with Crippen LogP contribution in [-0.2, 0) is 0 Å². The van der Waals surface area contributed by atoms with E-state index in [4.69, 9.17) is 5.73 Å². The molecule has 0 saturated heterocycles. The van der Waals surface area contributed by atoms with Crippen LogP contribution in [0.15, 0.2) is 24.9 Å².